The highest BCUT2D eigenvalue weighted by Gasteiger charge is 2.44. The van der Waals surface area contributed by atoms with Gasteiger partial charge in [0.05, 0.1) is 17.8 Å². The van der Waals surface area contributed by atoms with Gasteiger partial charge in [-0.05, 0) is 36.6 Å². The Morgan fingerprint density at radius 3 is 2.75 bits per heavy atom. The van der Waals surface area contributed by atoms with E-state index in [0.29, 0.717) is 30.9 Å². The number of anilines is 1. The summed E-state index contributed by atoms with van der Waals surface area (Å²) in [6, 6.07) is 11.7. The van der Waals surface area contributed by atoms with Crippen molar-refractivity contribution >= 4 is 17.7 Å². The van der Waals surface area contributed by atoms with Crippen LogP contribution in [-0.4, -0.2) is 24.7 Å². The molecule has 0 aromatic heterocycles. The molecule has 0 aliphatic carbocycles. The molecule has 0 spiro atoms. The molecule has 7 heteroatoms. The van der Waals surface area contributed by atoms with Gasteiger partial charge in [-0.25, -0.2) is 0 Å². The smallest absolute Gasteiger partial charge is 0.455 e. The number of amides is 1. The summed E-state index contributed by atoms with van der Waals surface area (Å²) < 4.78 is 44.7. The van der Waals surface area contributed by atoms with Crippen LogP contribution in [-0.2, 0) is 4.79 Å². The van der Waals surface area contributed by atoms with Gasteiger partial charge >= 0.3 is 12.1 Å². The van der Waals surface area contributed by atoms with Crippen LogP contribution in [0.5, 0.6) is 11.5 Å². The van der Waals surface area contributed by atoms with E-state index in [2.05, 4.69) is 11.9 Å². The number of carbonyl (C=O) groups is 1. The van der Waals surface area contributed by atoms with Gasteiger partial charge in [0.15, 0.2) is 5.75 Å². The number of carbonyl (C=O) groups excluding carboxylic acids is 1. The van der Waals surface area contributed by atoms with E-state index in [1.807, 2.05) is 41.3 Å². The molecule has 2 aromatic carbocycles. The van der Waals surface area contributed by atoms with E-state index in [1.165, 1.54) is 0 Å². The number of para-hydroxylation sites is 1. The minimum absolute atomic E-state index is 0.452. The number of hydrogen-bond donors (Lipinski definition) is 1. The van der Waals surface area contributed by atoms with Crippen molar-refractivity contribution in [2.45, 2.75) is 31.1 Å². The van der Waals surface area contributed by atoms with Crippen molar-refractivity contribution in [2.75, 3.05) is 11.4 Å². The molecule has 2 aliphatic rings. The van der Waals surface area contributed by atoms with Crippen LogP contribution in [0.4, 0.5) is 18.9 Å². The Morgan fingerprint density at radius 2 is 2.00 bits per heavy atom. The lowest BCUT2D eigenvalue weighted by Crippen LogP contribution is -2.52. The molecule has 0 bridgehead atoms. The summed E-state index contributed by atoms with van der Waals surface area (Å²) in [6.45, 7) is 4.43. The average Bonchev–Trinajstić information content (AvgIpc) is 2.82. The maximum atomic E-state index is 12.9. The summed E-state index contributed by atoms with van der Waals surface area (Å²) in [5, 5.41) is 2.20. The molecule has 2 aromatic rings. The van der Waals surface area contributed by atoms with E-state index < -0.39 is 24.2 Å². The van der Waals surface area contributed by atoms with E-state index in [1.54, 1.807) is 12.1 Å². The maximum Gasteiger partial charge on any atom is 0.471 e. The largest absolute Gasteiger partial charge is 0.471 e. The third-order valence-electron chi connectivity index (χ3n) is 5.19. The van der Waals surface area contributed by atoms with Gasteiger partial charge in [-0.3, -0.25) is 4.79 Å². The predicted molar refractivity (Wildman–Crippen MR) is 100 cm³/mol. The molecular formula is C21H19F3N2O2. The van der Waals surface area contributed by atoms with E-state index in [-0.39, 0.29) is 0 Å². The van der Waals surface area contributed by atoms with Crippen molar-refractivity contribution < 1.29 is 22.7 Å². The van der Waals surface area contributed by atoms with Gasteiger partial charge in [0.2, 0.25) is 0 Å². The Labute approximate surface area is 160 Å². The molecule has 2 aliphatic heterocycles. The van der Waals surface area contributed by atoms with Crippen LogP contribution < -0.4 is 15.0 Å². The second kappa shape index (κ2) is 6.89. The molecule has 1 amide bonds. The summed E-state index contributed by atoms with van der Waals surface area (Å²) in [5.41, 5.74) is 2.42. The number of nitrogens with zero attached hydrogens (tertiary/aromatic N) is 1. The minimum Gasteiger partial charge on any atom is -0.455 e. The highest BCUT2D eigenvalue weighted by molar-refractivity contribution is 5.82. The lowest BCUT2D eigenvalue weighted by molar-refractivity contribution is -0.174. The number of halogens is 3. The monoisotopic (exact) mass is 388 g/mol. The van der Waals surface area contributed by atoms with Crippen LogP contribution in [0.3, 0.4) is 0 Å². The Morgan fingerprint density at radius 1 is 1.21 bits per heavy atom. The number of rotatable bonds is 2. The van der Waals surface area contributed by atoms with Gasteiger partial charge in [-0.15, -0.1) is 0 Å². The zero-order chi connectivity index (χ0) is 19.9. The molecule has 28 heavy (non-hydrogen) atoms. The Bertz CT molecular complexity index is 926. The third kappa shape index (κ3) is 3.21. The molecular weight excluding hydrogens is 369 g/mol. The van der Waals surface area contributed by atoms with E-state index >= 15 is 0 Å². The van der Waals surface area contributed by atoms with Gasteiger partial charge in [-0.2, -0.15) is 13.2 Å². The summed E-state index contributed by atoms with van der Waals surface area (Å²) >= 11 is 0. The van der Waals surface area contributed by atoms with E-state index in [4.69, 9.17) is 4.74 Å². The third-order valence-corrected chi connectivity index (χ3v) is 5.19. The zero-order valence-corrected chi connectivity index (χ0v) is 15.0. The van der Waals surface area contributed by atoms with Crippen LogP contribution in [0.15, 0.2) is 49.0 Å². The summed E-state index contributed by atoms with van der Waals surface area (Å²) in [7, 11) is 0. The zero-order valence-electron chi connectivity index (χ0n) is 15.0. The normalized spacial score (nSPS) is 20.8. The van der Waals surface area contributed by atoms with Crippen molar-refractivity contribution in [1.82, 2.24) is 5.32 Å². The lowest BCUT2D eigenvalue weighted by Gasteiger charge is -2.42. The molecule has 0 unspecified atom stereocenters. The minimum atomic E-state index is -4.92. The molecule has 1 N–H and O–H groups in total. The standard InChI is InChI=1S/C21H19F3N2O2/c1-2-13-9-10-18-16(12-13)26-11-5-7-15(25-20(27)21(22,23)24)19(26)14-6-3-4-8-17(14)28-18/h2-4,6,8-10,12,15,19H,1,5,7,11H2,(H,25,27)/t15-,19+/m1/s1. The van der Waals surface area contributed by atoms with E-state index in [0.717, 1.165) is 16.8 Å². The van der Waals surface area contributed by atoms with Crippen molar-refractivity contribution in [3.63, 3.8) is 0 Å². The van der Waals surface area contributed by atoms with Crippen LogP contribution in [0.1, 0.15) is 30.0 Å². The number of fused-ring (bicyclic) bond motifs is 5. The van der Waals surface area contributed by atoms with Gasteiger partial charge in [0.25, 0.3) is 0 Å². The topological polar surface area (TPSA) is 41.6 Å². The Kier molecular flexibility index (Phi) is 4.53. The van der Waals surface area contributed by atoms with Crippen molar-refractivity contribution in [3.05, 3.63) is 60.2 Å². The Hall–Kier alpha value is -2.96. The summed E-state index contributed by atoms with van der Waals surface area (Å²) in [4.78, 5) is 13.7. The van der Waals surface area contributed by atoms with Gasteiger partial charge in [-0.1, -0.05) is 36.9 Å². The molecule has 0 saturated carbocycles. The first kappa shape index (κ1) is 18.4. The molecule has 1 saturated heterocycles. The fraction of sp³-hybridized carbons (Fsp3) is 0.286. The number of piperidine rings is 1. The summed E-state index contributed by atoms with van der Waals surface area (Å²) in [5.74, 6) is -0.707. The number of ether oxygens (including phenoxy) is 1. The second-order valence-electron chi connectivity index (χ2n) is 6.93. The highest BCUT2D eigenvalue weighted by Crippen LogP contribution is 2.47. The first-order valence-electron chi connectivity index (χ1n) is 9.06. The first-order chi connectivity index (χ1) is 13.4. The van der Waals surface area contributed by atoms with Crippen molar-refractivity contribution in [2.24, 2.45) is 0 Å². The first-order valence-corrected chi connectivity index (χ1v) is 9.06. The summed E-state index contributed by atoms with van der Waals surface area (Å²) in [6.07, 6.45) is -2.11. The SMILES string of the molecule is C=Cc1ccc2c(c1)N1CCC[C@@H](NC(=O)C(F)(F)F)[C@@H]1c1ccccc1O2. The number of hydrogen-bond acceptors (Lipinski definition) is 3. The van der Waals surface area contributed by atoms with Gasteiger partial charge in [0.1, 0.15) is 5.75 Å². The van der Waals surface area contributed by atoms with Gasteiger partial charge in [0, 0.05) is 12.1 Å². The molecule has 4 rings (SSSR count). The maximum absolute atomic E-state index is 12.9. The number of alkyl halides is 3. The quantitative estimate of drug-likeness (QED) is 0.802. The molecule has 2 atom stereocenters. The Balaban J connectivity index is 1.82. The van der Waals surface area contributed by atoms with Crippen LogP contribution in [0, 0.1) is 0 Å². The van der Waals surface area contributed by atoms with Crippen molar-refractivity contribution in [1.29, 1.82) is 0 Å². The highest BCUT2D eigenvalue weighted by atomic mass is 19.4. The molecule has 146 valence electrons. The second-order valence-corrected chi connectivity index (χ2v) is 6.93. The van der Waals surface area contributed by atoms with E-state index in [9.17, 15) is 18.0 Å². The molecule has 2 heterocycles. The van der Waals surface area contributed by atoms with Crippen molar-refractivity contribution in [3.8, 4) is 11.5 Å². The molecule has 0 radical (unpaired) electrons. The molecule has 4 nitrogen and oxygen atoms in total. The van der Waals surface area contributed by atoms with Crippen LogP contribution >= 0.6 is 0 Å². The lowest BCUT2D eigenvalue weighted by atomic mass is 9.89. The number of benzene rings is 2. The number of nitrogens with one attached hydrogen (secondary N) is 1. The fourth-order valence-electron chi connectivity index (χ4n) is 3.96. The fourth-order valence-corrected chi connectivity index (χ4v) is 3.96. The van der Waals surface area contributed by atoms with Crippen LogP contribution in [0.2, 0.25) is 0 Å². The average molecular weight is 388 g/mol. The molecule has 1 fully saturated rings. The van der Waals surface area contributed by atoms with Crippen LogP contribution in [0.25, 0.3) is 6.08 Å². The predicted octanol–water partition coefficient (Wildman–Crippen LogP) is 4.82. The van der Waals surface area contributed by atoms with Gasteiger partial charge < -0.3 is 15.0 Å².